The molecule has 126 valence electrons. The van der Waals surface area contributed by atoms with Crippen LogP contribution in [0.1, 0.15) is 11.7 Å². The van der Waals surface area contributed by atoms with Crippen molar-refractivity contribution in [2.24, 2.45) is 7.05 Å². The van der Waals surface area contributed by atoms with E-state index in [-0.39, 0.29) is 17.9 Å². The minimum Gasteiger partial charge on any atom is -0.367 e. The molecule has 3 rings (SSSR count). The summed E-state index contributed by atoms with van der Waals surface area (Å²) < 4.78 is 33.7. The van der Waals surface area contributed by atoms with Crippen LogP contribution in [0.2, 0.25) is 0 Å². The molecule has 0 spiro atoms. The molecule has 9 heteroatoms. The number of nitrogens with zero attached hydrogens (tertiary/aromatic N) is 3. The zero-order chi connectivity index (χ0) is 17.4. The Morgan fingerprint density at radius 2 is 2.08 bits per heavy atom. The molecule has 1 N–H and O–H groups in total. The molecule has 7 nitrogen and oxygen atoms in total. The highest BCUT2D eigenvalue weighted by Crippen LogP contribution is 2.34. The zero-order valence-corrected chi connectivity index (χ0v) is 12.9. The van der Waals surface area contributed by atoms with Crippen LogP contribution in [0.5, 0.6) is 0 Å². The average molecular weight is 336 g/mol. The molecule has 1 aliphatic rings. The third kappa shape index (κ3) is 2.73. The van der Waals surface area contributed by atoms with Gasteiger partial charge < -0.3 is 10.1 Å². The van der Waals surface area contributed by atoms with Gasteiger partial charge in [0.25, 0.3) is 5.91 Å². The summed E-state index contributed by atoms with van der Waals surface area (Å²) in [5.74, 6) is -3.31. The number of ether oxygens (including phenoxy) is 1. The molecule has 1 unspecified atom stereocenters. The van der Waals surface area contributed by atoms with Gasteiger partial charge in [0.15, 0.2) is 17.7 Å². The maximum atomic E-state index is 13.6. The average Bonchev–Trinajstić information content (AvgIpc) is 2.95. The Bertz CT molecular complexity index is 821. The van der Waals surface area contributed by atoms with Gasteiger partial charge in [0.1, 0.15) is 6.54 Å². The van der Waals surface area contributed by atoms with Gasteiger partial charge in [-0.05, 0) is 0 Å². The van der Waals surface area contributed by atoms with Crippen LogP contribution in [0.3, 0.4) is 0 Å². The Hall–Kier alpha value is -2.81. The van der Waals surface area contributed by atoms with Crippen molar-refractivity contribution in [2.45, 2.75) is 6.10 Å². The molecule has 0 fully saturated rings. The molecule has 0 bridgehead atoms. The second-order valence-electron chi connectivity index (χ2n) is 5.32. The number of rotatable bonds is 3. The quantitative estimate of drug-likeness (QED) is 0.918. The molecular weight excluding hydrogens is 322 g/mol. The summed E-state index contributed by atoms with van der Waals surface area (Å²) in [5, 5.41) is 6.39. The lowest BCUT2D eigenvalue weighted by atomic mass is 10.1. The molecule has 1 aromatic heterocycles. The first kappa shape index (κ1) is 16.1. The number of anilines is 2. The highest BCUT2D eigenvalue weighted by Gasteiger charge is 2.34. The van der Waals surface area contributed by atoms with Crippen molar-refractivity contribution in [1.82, 2.24) is 9.78 Å². The predicted molar refractivity (Wildman–Crippen MR) is 80.3 cm³/mol. The highest BCUT2D eigenvalue weighted by atomic mass is 19.2. The number of hydrogen-bond donors (Lipinski definition) is 1. The number of carbonyl (C=O) groups is 2. The molecule has 0 aliphatic carbocycles. The number of carbonyl (C=O) groups excluding carboxylic acids is 2. The van der Waals surface area contributed by atoms with Crippen molar-refractivity contribution in [1.29, 1.82) is 0 Å². The fourth-order valence-corrected chi connectivity index (χ4v) is 2.57. The van der Waals surface area contributed by atoms with Gasteiger partial charge in [0, 0.05) is 38.1 Å². The van der Waals surface area contributed by atoms with E-state index in [2.05, 4.69) is 10.4 Å². The number of methoxy groups -OCH3 is 1. The number of amides is 2. The molecule has 1 aliphatic heterocycles. The van der Waals surface area contributed by atoms with Gasteiger partial charge in [-0.25, -0.2) is 8.78 Å². The normalized spacial score (nSPS) is 15.0. The Labute approximate surface area is 135 Å². The van der Waals surface area contributed by atoms with Gasteiger partial charge >= 0.3 is 0 Å². The van der Waals surface area contributed by atoms with Crippen LogP contribution in [0, 0.1) is 11.6 Å². The summed E-state index contributed by atoms with van der Waals surface area (Å²) in [4.78, 5) is 25.7. The topological polar surface area (TPSA) is 76.5 Å². The fraction of sp³-hybridized carbons (Fsp3) is 0.267. The minimum atomic E-state index is -1.11. The molecule has 0 saturated heterocycles. The summed E-state index contributed by atoms with van der Waals surface area (Å²) in [6, 6.07) is 1.71. The first-order valence-electron chi connectivity index (χ1n) is 7.02. The van der Waals surface area contributed by atoms with E-state index in [1.807, 2.05) is 0 Å². The van der Waals surface area contributed by atoms with Crippen molar-refractivity contribution in [3.63, 3.8) is 0 Å². The molecular formula is C15H14F2N4O3. The van der Waals surface area contributed by atoms with Gasteiger partial charge in [-0.1, -0.05) is 0 Å². The number of aryl methyl sites for hydroxylation is 1. The second kappa shape index (κ2) is 6.00. The van der Waals surface area contributed by atoms with Crippen LogP contribution in [0.25, 0.3) is 0 Å². The summed E-state index contributed by atoms with van der Waals surface area (Å²) in [7, 11) is 3.02. The van der Waals surface area contributed by atoms with Crippen LogP contribution >= 0.6 is 0 Å². The van der Waals surface area contributed by atoms with E-state index >= 15 is 0 Å². The van der Waals surface area contributed by atoms with Crippen LogP contribution < -0.4 is 10.2 Å². The second-order valence-corrected chi connectivity index (χ2v) is 5.32. The maximum absolute atomic E-state index is 13.6. The molecule has 2 aromatic rings. The Balaban J connectivity index is 2.01. The summed E-state index contributed by atoms with van der Waals surface area (Å²) in [6.45, 7) is -0.322. The van der Waals surface area contributed by atoms with Gasteiger partial charge in [-0.2, -0.15) is 5.10 Å². The molecule has 0 radical (unpaired) electrons. The van der Waals surface area contributed by atoms with Crippen molar-refractivity contribution in [3.8, 4) is 0 Å². The number of halogens is 2. The SMILES string of the molecule is COC(C(=O)N1CC(=O)Nc2cc(F)c(F)cc21)c1cnn(C)c1. The van der Waals surface area contributed by atoms with Gasteiger partial charge in [-0.3, -0.25) is 19.2 Å². The molecule has 2 amide bonds. The van der Waals surface area contributed by atoms with E-state index in [4.69, 9.17) is 4.74 Å². The molecule has 24 heavy (non-hydrogen) atoms. The Morgan fingerprint density at radius 3 is 2.71 bits per heavy atom. The van der Waals surface area contributed by atoms with Crippen LogP contribution in [-0.2, 0) is 21.4 Å². The van der Waals surface area contributed by atoms with Crippen molar-refractivity contribution < 1.29 is 23.1 Å². The third-order valence-corrected chi connectivity index (χ3v) is 3.66. The van der Waals surface area contributed by atoms with E-state index in [1.165, 1.54) is 18.0 Å². The van der Waals surface area contributed by atoms with E-state index in [1.54, 1.807) is 13.2 Å². The molecule has 1 aromatic carbocycles. The number of benzene rings is 1. The van der Waals surface area contributed by atoms with Crippen molar-refractivity contribution in [2.75, 3.05) is 23.9 Å². The van der Waals surface area contributed by atoms with Crippen LogP contribution in [0.4, 0.5) is 20.2 Å². The number of nitrogens with one attached hydrogen (secondary N) is 1. The fourth-order valence-electron chi connectivity index (χ4n) is 2.57. The number of fused-ring (bicyclic) bond motifs is 1. The third-order valence-electron chi connectivity index (χ3n) is 3.66. The lowest BCUT2D eigenvalue weighted by molar-refractivity contribution is -0.130. The largest absolute Gasteiger partial charge is 0.367 e. The molecule has 1 atom stereocenters. The van der Waals surface area contributed by atoms with Gasteiger partial charge in [0.05, 0.1) is 17.6 Å². The van der Waals surface area contributed by atoms with Crippen LogP contribution in [-0.4, -0.2) is 35.2 Å². The van der Waals surface area contributed by atoms with E-state index in [0.717, 1.165) is 17.0 Å². The number of hydrogen-bond acceptors (Lipinski definition) is 4. The summed E-state index contributed by atoms with van der Waals surface area (Å²) in [6.07, 6.45) is 2.04. The maximum Gasteiger partial charge on any atom is 0.261 e. The van der Waals surface area contributed by atoms with Crippen LogP contribution in [0.15, 0.2) is 24.5 Å². The smallest absolute Gasteiger partial charge is 0.261 e. The Morgan fingerprint density at radius 1 is 1.38 bits per heavy atom. The summed E-state index contributed by atoms with van der Waals surface area (Å²) >= 11 is 0. The van der Waals surface area contributed by atoms with E-state index in [9.17, 15) is 18.4 Å². The van der Waals surface area contributed by atoms with Crippen molar-refractivity contribution in [3.05, 3.63) is 41.7 Å². The number of aromatic nitrogens is 2. The monoisotopic (exact) mass is 336 g/mol. The summed E-state index contributed by atoms with van der Waals surface area (Å²) in [5.41, 5.74) is 0.587. The molecule has 2 heterocycles. The van der Waals surface area contributed by atoms with Crippen molar-refractivity contribution >= 4 is 23.2 Å². The van der Waals surface area contributed by atoms with Gasteiger partial charge in [-0.15, -0.1) is 0 Å². The van der Waals surface area contributed by atoms with E-state index in [0.29, 0.717) is 5.56 Å². The first-order valence-corrected chi connectivity index (χ1v) is 7.02. The highest BCUT2D eigenvalue weighted by molar-refractivity contribution is 6.11. The first-order chi connectivity index (χ1) is 11.4. The molecule has 0 saturated carbocycles. The predicted octanol–water partition coefficient (Wildman–Crippen LogP) is 1.37. The minimum absolute atomic E-state index is 0.0274. The zero-order valence-electron chi connectivity index (χ0n) is 12.9. The van der Waals surface area contributed by atoms with Gasteiger partial charge in [0.2, 0.25) is 5.91 Å². The lowest BCUT2D eigenvalue weighted by Gasteiger charge is -2.31. The standard InChI is InChI=1S/C15H14F2N4O3/c1-20-6-8(5-18-20)14(24-2)15(23)21-7-13(22)19-11-3-9(16)10(17)4-12(11)21/h3-6,14H,7H2,1-2H3,(H,19,22). The Kier molecular flexibility index (Phi) is 4.02. The van der Waals surface area contributed by atoms with E-state index < -0.39 is 29.6 Å². The lowest BCUT2D eigenvalue weighted by Crippen LogP contribution is -2.44.